The Kier molecular flexibility index (Phi) is 3.90. The van der Waals surface area contributed by atoms with E-state index >= 15 is 0 Å². The van der Waals surface area contributed by atoms with E-state index in [1.54, 1.807) is 4.80 Å². The summed E-state index contributed by atoms with van der Waals surface area (Å²) in [6.07, 6.45) is 0.785. The first-order valence-corrected chi connectivity index (χ1v) is 6.53. The topological polar surface area (TPSA) is 69.6 Å². The number of hydrogen-bond donors (Lipinski definition) is 1. The van der Waals surface area contributed by atoms with Crippen molar-refractivity contribution in [3.8, 4) is 11.4 Å². The molecule has 0 amide bonds. The van der Waals surface area contributed by atoms with E-state index in [1.807, 2.05) is 44.2 Å². The molecule has 0 unspecified atom stereocenters. The van der Waals surface area contributed by atoms with Crippen LogP contribution in [0.25, 0.3) is 11.4 Å². The van der Waals surface area contributed by atoms with Crippen LogP contribution in [-0.4, -0.2) is 25.2 Å². The molecule has 1 heterocycles. The fraction of sp³-hybridized carbons (Fsp3) is 0.385. The summed E-state index contributed by atoms with van der Waals surface area (Å²) in [5, 5.41) is 12.4. The molecule has 0 aliphatic heterocycles. The molecule has 0 saturated carbocycles. The third-order valence-corrected chi connectivity index (χ3v) is 3.64. The Morgan fingerprint density at radius 3 is 2.63 bits per heavy atom. The zero-order chi connectivity index (χ0) is 13.9. The number of nitrogens with zero attached hydrogens (tertiary/aromatic N) is 4. The zero-order valence-electron chi connectivity index (χ0n) is 11.1. The number of nitrogens with two attached hydrogens (primary N) is 1. The van der Waals surface area contributed by atoms with Crippen molar-refractivity contribution in [2.24, 2.45) is 11.1 Å². The van der Waals surface area contributed by atoms with Crippen molar-refractivity contribution in [2.45, 2.75) is 26.8 Å². The Balaban J connectivity index is 2.05. The van der Waals surface area contributed by atoms with Crippen molar-refractivity contribution in [2.75, 3.05) is 0 Å². The number of rotatable bonds is 5. The predicted octanol–water partition coefficient (Wildman–Crippen LogP) is 2.04. The van der Waals surface area contributed by atoms with Gasteiger partial charge < -0.3 is 5.73 Å². The van der Waals surface area contributed by atoms with Gasteiger partial charge in [-0.15, -0.1) is 10.2 Å². The van der Waals surface area contributed by atoms with Crippen LogP contribution in [0, 0.1) is 5.41 Å². The molecule has 2 aromatic rings. The highest BCUT2D eigenvalue weighted by molar-refractivity contribution is 7.80. The first-order valence-electron chi connectivity index (χ1n) is 6.12. The maximum atomic E-state index is 5.70. The number of benzene rings is 1. The standard InChI is InChI=1S/C13H17N5S/c1-13(2,12(14)19)8-9-18-16-11(15-17-18)10-6-4-3-5-7-10/h3-7H,8-9H2,1-2H3,(H2,14,19). The molecule has 0 saturated heterocycles. The molecule has 0 radical (unpaired) electrons. The Labute approximate surface area is 117 Å². The smallest absolute Gasteiger partial charge is 0.204 e. The number of aromatic nitrogens is 4. The molecule has 5 nitrogen and oxygen atoms in total. The predicted molar refractivity (Wildman–Crippen MR) is 78.4 cm³/mol. The van der Waals surface area contributed by atoms with Crippen LogP contribution < -0.4 is 5.73 Å². The number of tetrazole rings is 1. The van der Waals surface area contributed by atoms with Crippen LogP contribution in [0.1, 0.15) is 20.3 Å². The minimum atomic E-state index is -0.199. The SMILES string of the molecule is CC(C)(CCn1nnc(-c2ccccc2)n1)C(N)=S. The van der Waals surface area contributed by atoms with Gasteiger partial charge in [0.2, 0.25) is 5.82 Å². The molecule has 1 aromatic heterocycles. The van der Waals surface area contributed by atoms with Crippen molar-refractivity contribution in [1.82, 2.24) is 20.2 Å². The number of aryl methyl sites for hydroxylation is 1. The lowest BCUT2D eigenvalue weighted by molar-refractivity contribution is 0.391. The van der Waals surface area contributed by atoms with E-state index in [0.29, 0.717) is 17.4 Å². The van der Waals surface area contributed by atoms with Gasteiger partial charge in [-0.25, -0.2) is 0 Å². The summed E-state index contributed by atoms with van der Waals surface area (Å²) in [6, 6.07) is 9.78. The monoisotopic (exact) mass is 275 g/mol. The molecule has 0 spiro atoms. The highest BCUT2D eigenvalue weighted by Crippen LogP contribution is 2.21. The van der Waals surface area contributed by atoms with Gasteiger partial charge >= 0.3 is 0 Å². The van der Waals surface area contributed by atoms with E-state index in [2.05, 4.69) is 15.4 Å². The lowest BCUT2D eigenvalue weighted by Crippen LogP contribution is -2.31. The third kappa shape index (κ3) is 3.35. The van der Waals surface area contributed by atoms with Crippen molar-refractivity contribution in [3.63, 3.8) is 0 Å². The Morgan fingerprint density at radius 1 is 1.32 bits per heavy atom. The van der Waals surface area contributed by atoms with Gasteiger partial charge in [0.1, 0.15) is 0 Å². The molecule has 100 valence electrons. The van der Waals surface area contributed by atoms with Crippen molar-refractivity contribution >= 4 is 17.2 Å². The van der Waals surface area contributed by atoms with E-state index in [9.17, 15) is 0 Å². The number of thiocarbonyl (C=S) groups is 1. The van der Waals surface area contributed by atoms with Crippen LogP contribution in [-0.2, 0) is 6.54 Å². The number of hydrogen-bond acceptors (Lipinski definition) is 4. The molecule has 2 rings (SSSR count). The molecule has 0 aliphatic rings. The second kappa shape index (κ2) is 5.44. The second-order valence-corrected chi connectivity index (χ2v) is 5.51. The van der Waals surface area contributed by atoms with Crippen LogP contribution in [0.15, 0.2) is 30.3 Å². The quantitative estimate of drug-likeness (QED) is 0.846. The highest BCUT2D eigenvalue weighted by Gasteiger charge is 2.21. The molecule has 0 aliphatic carbocycles. The summed E-state index contributed by atoms with van der Waals surface area (Å²) in [6.45, 7) is 4.68. The van der Waals surface area contributed by atoms with Crippen molar-refractivity contribution < 1.29 is 0 Å². The summed E-state index contributed by atoms with van der Waals surface area (Å²) in [5.41, 5.74) is 6.46. The van der Waals surface area contributed by atoms with Gasteiger partial charge in [-0.3, -0.25) is 0 Å². The first kappa shape index (κ1) is 13.6. The summed E-state index contributed by atoms with van der Waals surface area (Å²) < 4.78 is 0. The highest BCUT2D eigenvalue weighted by atomic mass is 32.1. The zero-order valence-corrected chi connectivity index (χ0v) is 11.9. The minimum absolute atomic E-state index is 0.199. The first-order chi connectivity index (χ1) is 8.99. The van der Waals surface area contributed by atoms with Crippen molar-refractivity contribution in [1.29, 1.82) is 0 Å². The van der Waals surface area contributed by atoms with E-state index in [4.69, 9.17) is 18.0 Å². The third-order valence-electron chi connectivity index (χ3n) is 3.09. The van der Waals surface area contributed by atoms with Gasteiger partial charge in [-0.1, -0.05) is 56.4 Å². The molecule has 2 N–H and O–H groups in total. The molecule has 0 bridgehead atoms. The van der Waals surface area contributed by atoms with E-state index < -0.39 is 0 Å². The minimum Gasteiger partial charge on any atom is -0.393 e. The largest absolute Gasteiger partial charge is 0.393 e. The summed E-state index contributed by atoms with van der Waals surface area (Å²) in [5.74, 6) is 0.633. The molecule has 6 heteroatoms. The Bertz CT molecular complexity index is 561. The second-order valence-electron chi connectivity index (χ2n) is 5.07. The van der Waals surface area contributed by atoms with Gasteiger partial charge in [-0.2, -0.15) is 4.80 Å². The molecular formula is C13H17N5S. The molecule has 1 aromatic carbocycles. The maximum Gasteiger partial charge on any atom is 0.204 e. The van der Waals surface area contributed by atoms with E-state index in [0.717, 1.165) is 12.0 Å². The lowest BCUT2D eigenvalue weighted by atomic mass is 9.89. The molecule has 0 atom stereocenters. The van der Waals surface area contributed by atoms with Gasteiger partial charge in [0.05, 0.1) is 11.5 Å². The maximum absolute atomic E-state index is 5.70. The Morgan fingerprint density at radius 2 is 2.00 bits per heavy atom. The molecule has 0 fully saturated rings. The normalized spacial score (nSPS) is 11.5. The summed E-state index contributed by atoms with van der Waals surface area (Å²) in [7, 11) is 0. The fourth-order valence-electron chi connectivity index (χ4n) is 1.54. The summed E-state index contributed by atoms with van der Waals surface area (Å²) in [4.78, 5) is 2.10. The van der Waals surface area contributed by atoms with Crippen LogP contribution >= 0.6 is 12.2 Å². The average Bonchev–Trinajstić information content (AvgIpc) is 2.86. The average molecular weight is 275 g/mol. The molecule has 19 heavy (non-hydrogen) atoms. The molecular weight excluding hydrogens is 258 g/mol. The Hall–Kier alpha value is -1.82. The van der Waals surface area contributed by atoms with Gasteiger partial charge in [0, 0.05) is 11.0 Å². The van der Waals surface area contributed by atoms with Gasteiger partial charge in [0.15, 0.2) is 0 Å². The van der Waals surface area contributed by atoms with Crippen LogP contribution in [0.5, 0.6) is 0 Å². The van der Waals surface area contributed by atoms with Crippen LogP contribution in [0.4, 0.5) is 0 Å². The van der Waals surface area contributed by atoms with E-state index in [-0.39, 0.29) is 5.41 Å². The fourth-order valence-corrected chi connectivity index (χ4v) is 1.65. The lowest BCUT2D eigenvalue weighted by Gasteiger charge is -2.21. The van der Waals surface area contributed by atoms with Gasteiger partial charge in [-0.05, 0) is 11.6 Å². The van der Waals surface area contributed by atoms with Crippen LogP contribution in [0.2, 0.25) is 0 Å². The summed E-state index contributed by atoms with van der Waals surface area (Å²) >= 11 is 5.04. The van der Waals surface area contributed by atoms with Gasteiger partial charge in [0.25, 0.3) is 0 Å². The van der Waals surface area contributed by atoms with Crippen LogP contribution in [0.3, 0.4) is 0 Å². The van der Waals surface area contributed by atoms with Crippen molar-refractivity contribution in [3.05, 3.63) is 30.3 Å². The van der Waals surface area contributed by atoms with E-state index in [1.165, 1.54) is 0 Å².